The topological polar surface area (TPSA) is 47.3 Å². The van der Waals surface area contributed by atoms with Gasteiger partial charge in [0.2, 0.25) is 0 Å². The lowest BCUT2D eigenvalue weighted by molar-refractivity contribution is 0.0685. The Morgan fingerprint density at radius 2 is 2.13 bits per heavy atom. The number of hydrogen-bond acceptors (Lipinski definition) is 3. The van der Waals surface area contributed by atoms with Gasteiger partial charge in [-0.05, 0) is 17.7 Å². The van der Waals surface area contributed by atoms with E-state index in [2.05, 4.69) is 5.32 Å². The van der Waals surface area contributed by atoms with Crippen LogP contribution in [0.5, 0.6) is 0 Å². The standard InChI is InChI=1S/C11H15ClN2O/c12-9-3-1-8(2-4-9)11(13)10-7-15-6-5-14-10/h1-4,10-11,14H,5-7,13H2. The Bertz CT molecular complexity index is 309. The second-order valence-electron chi connectivity index (χ2n) is 3.71. The molecule has 2 atom stereocenters. The molecule has 3 nitrogen and oxygen atoms in total. The maximum Gasteiger partial charge on any atom is 0.0638 e. The van der Waals surface area contributed by atoms with Gasteiger partial charge in [0.25, 0.3) is 0 Å². The van der Waals surface area contributed by atoms with E-state index in [0.717, 1.165) is 23.7 Å². The molecule has 0 aliphatic carbocycles. The quantitative estimate of drug-likeness (QED) is 0.800. The molecule has 1 aromatic rings. The Morgan fingerprint density at radius 3 is 2.73 bits per heavy atom. The van der Waals surface area contributed by atoms with Crippen LogP contribution in [-0.4, -0.2) is 25.8 Å². The number of rotatable bonds is 2. The number of benzene rings is 1. The zero-order chi connectivity index (χ0) is 10.7. The molecule has 1 aliphatic rings. The molecule has 2 rings (SSSR count). The van der Waals surface area contributed by atoms with E-state index in [0.29, 0.717) is 6.61 Å². The molecule has 0 saturated carbocycles. The molecule has 0 radical (unpaired) electrons. The van der Waals surface area contributed by atoms with Crippen LogP contribution in [0.2, 0.25) is 5.02 Å². The zero-order valence-electron chi connectivity index (χ0n) is 8.45. The normalized spacial score (nSPS) is 23.7. The predicted molar refractivity (Wildman–Crippen MR) is 61.0 cm³/mol. The van der Waals surface area contributed by atoms with E-state index < -0.39 is 0 Å². The van der Waals surface area contributed by atoms with Gasteiger partial charge in [-0.3, -0.25) is 0 Å². The number of ether oxygens (including phenoxy) is 1. The van der Waals surface area contributed by atoms with Crippen molar-refractivity contribution in [3.05, 3.63) is 34.9 Å². The van der Waals surface area contributed by atoms with Gasteiger partial charge < -0.3 is 15.8 Å². The van der Waals surface area contributed by atoms with Crippen molar-refractivity contribution in [1.82, 2.24) is 5.32 Å². The first kappa shape index (κ1) is 10.9. The van der Waals surface area contributed by atoms with Crippen molar-refractivity contribution >= 4 is 11.6 Å². The van der Waals surface area contributed by atoms with Crippen LogP contribution >= 0.6 is 11.6 Å². The summed E-state index contributed by atoms with van der Waals surface area (Å²) in [7, 11) is 0. The molecule has 0 spiro atoms. The molecule has 15 heavy (non-hydrogen) atoms. The SMILES string of the molecule is NC(c1ccc(Cl)cc1)C1COCCN1. The van der Waals surface area contributed by atoms with Crippen molar-refractivity contribution in [3.63, 3.8) is 0 Å². The summed E-state index contributed by atoms with van der Waals surface area (Å²) in [5, 5.41) is 4.08. The monoisotopic (exact) mass is 226 g/mol. The molecule has 0 aromatic heterocycles. The van der Waals surface area contributed by atoms with Crippen molar-refractivity contribution in [2.24, 2.45) is 5.73 Å². The number of halogens is 1. The van der Waals surface area contributed by atoms with E-state index >= 15 is 0 Å². The number of nitrogens with two attached hydrogens (primary N) is 1. The maximum atomic E-state index is 6.13. The van der Waals surface area contributed by atoms with Crippen molar-refractivity contribution in [1.29, 1.82) is 0 Å². The van der Waals surface area contributed by atoms with Crippen LogP contribution in [0.3, 0.4) is 0 Å². The highest BCUT2D eigenvalue weighted by atomic mass is 35.5. The highest BCUT2D eigenvalue weighted by Crippen LogP contribution is 2.18. The molecule has 1 heterocycles. The van der Waals surface area contributed by atoms with E-state index in [1.807, 2.05) is 24.3 Å². The fourth-order valence-corrected chi connectivity index (χ4v) is 1.86. The summed E-state index contributed by atoms with van der Waals surface area (Å²) >= 11 is 5.82. The highest BCUT2D eigenvalue weighted by molar-refractivity contribution is 6.30. The summed E-state index contributed by atoms with van der Waals surface area (Å²) in [6.45, 7) is 2.31. The van der Waals surface area contributed by atoms with Crippen LogP contribution in [0.1, 0.15) is 11.6 Å². The van der Waals surface area contributed by atoms with E-state index in [4.69, 9.17) is 22.1 Å². The van der Waals surface area contributed by atoms with Crippen LogP contribution in [0.25, 0.3) is 0 Å². The average molecular weight is 227 g/mol. The largest absolute Gasteiger partial charge is 0.378 e. The summed E-state index contributed by atoms with van der Waals surface area (Å²) < 4.78 is 5.38. The van der Waals surface area contributed by atoms with Gasteiger partial charge in [0.1, 0.15) is 0 Å². The second kappa shape index (κ2) is 4.94. The Hall–Kier alpha value is -0.610. The van der Waals surface area contributed by atoms with Gasteiger partial charge in [0.15, 0.2) is 0 Å². The van der Waals surface area contributed by atoms with Crippen molar-refractivity contribution in [2.75, 3.05) is 19.8 Å². The first-order valence-corrected chi connectivity index (χ1v) is 5.47. The van der Waals surface area contributed by atoms with Gasteiger partial charge >= 0.3 is 0 Å². The van der Waals surface area contributed by atoms with E-state index in [9.17, 15) is 0 Å². The Balaban J connectivity index is 2.05. The molecule has 2 unspecified atom stereocenters. The Kier molecular flexibility index (Phi) is 3.59. The third kappa shape index (κ3) is 2.69. The van der Waals surface area contributed by atoms with Crippen molar-refractivity contribution in [2.45, 2.75) is 12.1 Å². The molecule has 1 saturated heterocycles. The number of nitrogens with one attached hydrogen (secondary N) is 1. The van der Waals surface area contributed by atoms with Crippen molar-refractivity contribution in [3.8, 4) is 0 Å². The Labute approximate surface area is 94.6 Å². The van der Waals surface area contributed by atoms with Gasteiger partial charge in [-0.25, -0.2) is 0 Å². The van der Waals surface area contributed by atoms with Crippen LogP contribution < -0.4 is 11.1 Å². The summed E-state index contributed by atoms with van der Waals surface area (Å²) in [6.07, 6.45) is 0. The number of hydrogen-bond donors (Lipinski definition) is 2. The van der Waals surface area contributed by atoms with Crippen LogP contribution in [0.15, 0.2) is 24.3 Å². The van der Waals surface area contributed by atoms with E-state index in [-0.39, 0.29) is 12.1 Å². The molecular weight excluding hydrogens is 212 g/mol. The minimum absolute atomic E-state index is 0.0393. The predicted octanol–water partition coefficient (Wildman–Crippen LogP) is 1.33. The summed E-state index contributed by atoms with van der Waals surface area (Å²) in [6, 6.07) is 7.80. The van der Waals surface area contributed by atoms with Crippen LogP contribution in [0, 0.1) is 0 Å². The molecular formula is C11H15ClN2O. The molecule has 0 bridgehead atoms. The smallest absolute Gasteiger partial charge is 0.0638 e. The number of morpholine rings is 1. The third-order valence-corrected chi connectivity index (χ3v) is 2.89. The van der Waals surface area contributed by atoms with Gasteiger partial charge in [-0.15, -0.1) is 0 Å². The first-order chi connectivity index (χ1) is 7.27. The molecule has 0 amide bonds. The van der Waals surface area contributed by atoms with Crippen LogP contribution in [0.4, 0.5) is 0 Å². The lowest BCUT2D eigenvalue weighted by Gasteiger charge is -2.29. The second-order valence-corrected chi connectivity index (χ2v) is 4.15. The summed E-state index contributed by atoms with van der Waals surface area (Å²) in [4.78, 5) is 0. The summed E-state index contributed by atoms with van der Waals surface area (Å²) in [5.74, 6) is 0. The van der Waals surface area contributed by atoms with Gasteiger partial charge in [-0.1, -0.05) is 23.7 Å². The average Bonchev–Trinajstić information content (AvgIpc) is 2.30. The van der Waals surface area contributed by atoms with Gasteiger partial charge in [0.05, 0.1) is 13.2 Å². The highest BCUT2D eigenvalue weighted by Gasteiger charge is 2.21. The molecule has 1 fully saturated rings. The fourth-order valence-electron chi connectivity index (χ4n) is 1.73. The maximum absolute atomic E-state index is 6.13. The molecule has 1 aliphatic heterocycles. The van der Waals surface area contributed by atoms with Crippen LogP contribution in [-0.2, 0) is 4.74 Å². The van der Waals surface area contributed by atoms with Crippen molar-refractivity contribution < 1.29 is 4.74 Å². The zero-order valence-corrected chi connectivity index (χ0v) is 9.20. The lowest BCUT2D eigenvalue weighted by Crippen LogP contribution is -2.47. The third-order valence-electron chi connectivity index (χ3n) is 2.64. The van der Waals surface area contributed by atoms with E-state index in [1.165, 1.54) is 0 Å². The molecule has 1 aromatic carbocycles. The summed E-state index contributed by atoms with van der Waals surface area (Å²) in [5.41, 5.74) is 7.22. The molecule has 4 heteroatoms. The Morgan fingerprint density at radius 1 is 1.40 bits per heavy atom. The minimum atomic E-state index is -0.0393. The molecule has 82 valence electrons. The fraction of sp³-hybridized carbons (Fsp3) is 0.455. The van der Waals surface area contributed by atoms with Gasteiger partial charge in [-0.2, -0.15) is 0 Å². The molecule has 3 N–H and O–H groups in total. The lowest BCUT2D eigenvalue weighted by atomic mass is 10.0. The first-order valence-electron chi connectivity index (χ1n) is 5.09. The van der Waals surface area contributed by atoms with Gasteiger partial charge in [0, 0.05) is 23.7 Å². The van der Waals surface area contributed by atoms with E-state index in [1.54, 1.807) is 0 Å². The minimum Gasteiger partial charge on any atom is -0.378 e.